The van der Waals surface area contributed by atoms with Crippen LogP contribution < -0.4 is 11.1 Å². The van der Waals surface area contributed by atoms with Crippen LogP contribution in [-0.2, 0) is 7.05 Å². The SMILES string of the molecule is Cn1ncc(C(N)=NO)c1NC(=O)c1cc(Cl)cc(Cl)c1. The maximum atomic E-state index is 12.2. The van der Waals surface area contributed by atoms with Gasteiger partial charge in [0, 0.05) is 22.7 Å². The van der Waals surface area contributed by atoms with Gasteiger partial charge in [0.2, 0.25) is 0 Å². The summed E-state index contributed by atoms with van der Waals surface area (Å²) in [6, 6.07) is 4.47. The average Bonchev–Trinajstić information content (AvgIpc) is 2.78. The molecule has 0 unspecified atom stereocenters. The van der Waals surface area contributed by atoms with E-state index >= 15 is 0 Å². The second-order valence-electron chi connectivity index (χ2n) is 4.13. The Morgan fingerprint density at radius 1 is 1.38 bits per heavy atom. The molecule has 2 rings (SSSR count). The third-order valence-electron chi connectivity index (χ3n) is 2.68. The summed E-state index contributed by atoms with van der Waals surface area (Å²) in [5.41, 5.74) is 6.09. The number of amides is 1. The van der Waals surface area contributed by atoms with Gasteiger partial charge in [-0.2, -0.15) is 5.10 Å². The lowest BCUT2D eigenvalue weighted by atomic mass is 10.2. The van der Waals surface area contributed by atoms with Crippen molar-refractivity contribution in [2.24, 2.45) is 17.9 Å². The summed E-state index contributed by atoms with van der Waals surface area (Å²) < 4.78 is 1.39. The molecule has 0 aliphatic heterocycles. The summed E-state index contributed by atoms with van der Waals surface area (Å²) in [6.07, 6.45) is 1.37. The van der Waals surface area contributed by atoms with Gasteiger partial charge in [0.15, 0.2) is 5.84 Å². The standard InChI is InChI=1S/C12H11Cl2N5O2/c1-19-11(9(5-16-19)10(15)18-21)17-12(20)6-2-7(13)4-8(14)3-6/h2-5,21H,1H3,(H2,15,18)(H,17,20). The van der Waals surface area contributed by atoms with E-state index in [-0.39, 0.29) is 17.2 Å². The van der Waals surface area contributed by atoms with E-state index in [9.17, 15) is 4.79 Å². The molecule has 110 valence electrons. The minimum atomic E-state index is -0.449. The second-order valence-corrected chi connectivity index (χ2v) is 5.00. The van der Waals surface area contributed by atoms with E-state index in [0.29, 0.717) is 15.6 Å². The molecule has 4 N–H and O–H groups in total. The van der Waals surface area contributed by atoms with Crippen molar-refractivity contribution in [3.8, 4) is 0 Å². The Morgan fingerprint density at radius 2 is 2.00 bits per heavy atom. The van der Waals surface area contributed by atoms with Gasteiger partial charge in [-0.15, -0.1) is 0 Å². The molecule has 2 aromatic rings. The van der Waals surface area contributed by atoms with E-state index < -0.39 is 5.91 Å². The van der Waals surface area contributed by atoms with Crippen LogP contribution in [0.15, 0.2) is 29.6 Å². The van der Waals surface area contributed by atoms with Gasteiger partial charge in [0.1, 0.15) is 5.82 Å². The summed E-state index contributed by atoms with van der Waals surface area (Å²) in [4.78, 5) is 12.2. The number of oxime groups is 1. The largest absolute Gasteiger partial charge is 0.409 e. The molecule has 21 heavy (non-hydrogen) atoms. The van der Waals surface area contributed by atoms with Crippen LogP contribution in [0, 0.1) is 0 Å². The predicted octanol–water partition coefficient (Wildman–Crippen LogP) is 2.07. The molecule has 9 heteroatoms. The van der Waals surface area contributed by atoms with E-state index in [1.165, 1.54) is 29.1 Å². The number of nitrogens with one attached hydrogen (secondary N) is 1. The van der Waals surface area contributed by atoms with Crippen LogP contribution in [0.3, 0.4) is 0 Å². The number of rotatable bonds is 3. The topological polar surface area (TPSA) is 106 Å². The third-order valence-corrected chi connectivity index (χ3v) is 3.12. The van der Waals surface area contributed by atoms with Gasteiger partial charge in [-0.3, -0.25) is 9.48 Å². The van der Waals surface area contributed by atoms with Crippen molar-refractivity contribution >= 4 is 40.8 Å². The molecule has 0 saturated heterocycles. The minimum absolute atomic E-state index is 0.164. The quantitative estimate of drug-likeness (QED) is 0.347. The Labute approximate surface area is 129 Å². The summed E-state index contributed by atoms with van der Waals surface area (Å²) in [6.45, 7) is 0. The number of benzene rings is 1. The molecule has 0 radical (unpaired) electrons. The number of anilines is 1. The van der Waals surface area contributed by atoms with E-state index in [0.717, 1.165) is 0 Å². The molecule has 0 fully saturated rings. The van der Waals surface area contributed by atoms with Crippen LogP contribution in [-0.4, -0.2) is 26.7 Å². The first kappa shape index (κ1) is 15.1. The fourth-order valence-electron chi connectivity index (χ4n) is 1.69. The highest BCUT2D eigenvalue weighted by Gasteiger charge is 2.16. The lowest BCUT2D eigenvalue weighted by Gasteiger charge is -2.08. The zero-order chi connectivity index (χ0) is 15.6. The zero-order valence-corrected chi connectivity index (χ0v) is 12.4. The molecule has 1 aromatic carbocycles. The summed E-state index contributed by atoms with van der Waals surface area (Å²) >= 11 is 11.7. The van der Waals surface area contributed by atoms with E-state index in [1.54, 1.807) is 7.05 Å². The molecule has 0 spiro atoms. The first-order valence-electron chi connectivity index (χ1n) is 5.69. The van der Waals surface area contributed by atoms with Crippen molar-refractivity contribution in [3.05, 3.63) is 45.6 Å². The number of hydrogen-bond donors (Lipinski definition) is 3. The van der Waals surface area contributed by atoms with Gasteiger partial charge in [0.25, 0.3) is 5.91 Å². The maximum absolute atomic E-state index is 12.2. The van der Waals surface area contributed by atoms with Crippen LogP contribution >= 0.6 is 23.2 Å². The average molecular weight is 328 g/mol. The highest BCUT2D eigenvalue weighted by molar-refractivity contribution is 6.35. The van der Waals surface area contributed by atoms with Gasteiger partial charge in [-0.1, -0.05) is 28.4 Å². The van der Waals surface area contributed by atoms with Crippen LogP contribution in [0.2, 0.25) is 10.0 Å². The zero-order valence-electron chi connectivity index (χ0n) is 10.8. The highest BCUT2D eigenvalue weighted by Crippen LogP contribution is 2.21. The number of hydrogen-bond acceptors (Lipinski definition) is 4. The first-order valence-corrected chi connectivity index (χ1v) is 6.45. The molecule has 1 heterocycles. The van der Waals surface area contributed by atoms with Crippen LogP contribution in [0.5, 0.6) is 0 Å². The highest BCUT2D eigenvalue weighted by atomic mass is 35.5. The van der Waals surface area contributed by atoms with Crippen LogP contribution in [0.1, 0.15) is 15.9 Å². The number of carbonyl (C=O) groups excluding carboxylic acids is 1. The lowest BCUT2D eigenvalue weighted by Crippen LogP contribution is -2.20. The lowest BCUT2D eigenvalue weighted by molar-refractivity contribution is 0.102. The smallest absolute Gasteiger partial charge is 0.256 e. The number of amidine groups is 1. The second kappa shape index (κ2) is 6.02. The van der Waals surface area contributed by atoms with Crippen molar-refractivity contribution in [1.29, 1.82) is 0 Å². The number of aromatic nitrogens is 2. The fraction of sp³-hybridized carbons (Fsp3) is 0.0833. The van der Waals surface area contributed by atoms with Gasteiger partial charge < -0.3 is 16.3 Å². The van der Waals surface area contributed by atoms with Crippen molar-refractivity contribution < 1.29 is 10.0 Å². The molecular weight excluding hydrogens is 317 g/mol. The number of halogens is 2. The summed E-state index contributed by atoms with van der Waals surface area (Å²) in [5, 5.41) is 18.9. The Balaban J connectivity index is 2.34. The minimum Gasteiger partial charge on any atom is -0.409 e. The van der Waals surface area contributed by atoms with Crippen molar-refractivity contribution in [2.75, 3.05) is 5.32 Å². The third kappa shape index (κ3) is 3.26. The van der Waals surface area contributed by atoms with Crippen molar-refractivity contribution in [1.82, 2.24) is 9.78 Å². The number of nitrogens with two attached hydrogens (primary N) is 1. The van der Waals surface area contributed by atoms with Crippen molar-refractivity contribution in [2.45, 2.75) is 0 Å². The van der Waals surface area contributed by atoms with E-state index in [4.69, 9.17) is 34.1 Å². The van der Waals surface area contributed by atoms with Gasteiger partial charge in [-0.05, 0) is 18.2 Å². The molecule has 7 nitrogen and oxygen atoms in total. The Kier molecular flexibility index (Phi) is 4.35. The predicted molar refractivity (Wildman–Crippen MR) is 80.1 cm³/mol. The van der Waals surface area contributed by atoms with E-state index in [2.05, 4.69) is 15.6 Å². The normalized spacial score (nSPS) is 11.5. The van der Waals surface area contributed by atoms with Gasteiger partial charge in [0.05, 0.1) is 11.8 Å². The summed E-state index contributed by atoms with van der Waals surface area (Å²) in [5.74, 6) is -0.330. The fourth-order valence-corrected chi connectivity index (χ4v) is 2.22. The summed E-state index contributed by atoms with van der Waals surface area (Å²) in [7, 11) is 1.61. The molecule has 1 aromatic heterocycles. The van der Waals surface area contributed by atoms with Crippen LogP contribution in [0.25, 0.3) is 0 Å². The molecule has 0 aliphatic rings. The Morgan fingerprint density at radius 3 is 2.57 bits per heavy atom. The molecule has 0 saturated carbocycles. The number of aryl methyl sites for hydroxylation is 1. The number of carbonyl (C=O) groups is 1. The monoisotopic (exact) mass is 327 g/mol. The Hall–Kier alpha value is -2.25. The van der Waals surface area contributed by atoms with Gasteiger partial charge >= 0.3 is 0 Å². The van der Waals surface area contributed by atoms with Gasteiger partial charge in [-0.25, -0.2) is 0 Å². The number of nitrogens with zero attached hydrogens (tertiary/aromatic N) is 3. The molecule has 0 aliphatic carbocycles. The molecule has 1 amide bonds. The molecular formula is C12H11Cl2N5O2. The van der Waals surface area contributed by atoms with Crippen LogP contribution in [0.4, 0.5) is 5.82 Å². The Bertz CT molecular complexity index is 706. The molecule has 0 bridgehead atoms. The maximum Gasteiger partial charge on any atom is 0.256 e. The van der Waals surface area contributed by atoms with Crippen molar-refractivity contribution in [3.63, 3.8) is 0 Å². The van der Waals surface area contributed by atoms with E-state index in [1.807, 2.05) is 0 Å². The first-order chi connectivity index (χ1) is 9.92. The molecule has 0 atom stereocenters.